The van der Waals surface area contributed by atoms with Gasteiger partial charge in [-0.25, -0.2) is 0 Å². The Balaban J connectivity index is 1.56. The third kappa shape index (κ3) is 5.48. The number of hydrogen-bond acceptors (Lipinski definition) is 4. The summed E-state index contributed by atoms with van der Waals surface area (Å²) in [5, 5.41) is 1.14. The number of carbonyl (C=O) groups is 1. The van der Waals surface area contributed by atoms with Crippen LogP contribution in [0.25, 0.3) is 6.08 Å². The summed E-state index contributed by atoms with van der Waals surface area (Å²) in [5.74, 6) is 0.658. The minimum absolute atomic E-state index is 0.00595. The van der Waals surface area contributed by atoms with E-state index in [-0.39, 0.29) is 11.9 Å². The molecule has 1 saturated heterocycles. The lowest BCUT2D eigenvalue weighted by atomic mass is 9.94. The maximum atomic E-state index is 13.1. The molecule has 0 radical (unpaired) electrons. The van der Waals surface area contributed by atoms with Gasteiger partial charge in [-0.05, 0) is 49.2 Å². The first-order valence-corrected chi connectivity index (χ1v) is 12.8. The molecule has 2 aliphatic rings. The molecule has 0 unspecified atom stereocenters. The van der Waals surface area contributed by atoms with Crippen LogP contribution in [0.2, 0.25) is 10.0 Å². The molecule has 0 aromatic heterocycles. The van der Waals surface area contributed by atoms with E-state index in [1.165, 1.54) is 18.2 Å². The maximum Gasteiger partial charge on any atom is 0.266 e. The zero-order valence-corrected chi connectivity index (χ0v) is 21.3. The standard InChI is InChI=1S/C23H20BrCl2NO2S2/c24-16-7-9-20(29-13-14-6-8-17(25)12-19(14)26)15(10-16)11-21-22(28)27(23(30)31-21)18-4-2-1-3-5-18/h6-12,18H,1-5,13H2/b21-11-. The Bertz CT molecular complexity index is 1050. The Hall–Kier alpha value is -1.05. The van der Waals surface area contributed by atoms with Gasteiger partial charge in [0, 0.05) is 31.7 Å². The molecule has 8 heteroatoms. The summed E-state index contributed by atoms with van der Waals surface area (Å²) < 4.78 is 7.60. The summed E-state index contributed by atoms with van der Waals surface area (Å²) in [6, 6.07) is 11.3. The summed E-state index contributed by atoms with van der Waals surface area (Å²) in [4.78, 5) is 15.6. The van der Waals surface area contributed by atoms with E-state index in [2.05, 4.69) is 15.9 Å². The van der Waals surface area contributed by atoms with Crippen LogP contribution < -0.4 is 4.74 Å². The van der Waals surface area contributed by atoms with Gasteiger partial charge in [0.2, 0.25) is 0 Å². The molecule has 0 bridgehead atoms. The summed E-state index contributed by atoms with van der Waals surface area (Å²) in [6.45, 7) is 0.293. The van der Waals surface area contributed by atoms with Gasteiger partial charge in [0.1, 0.15) is 16.7 Å². The highest BCUT2D eigenvalue weighted by Crippen LogP contribution is 2.39. The largest absolute Gasteiger partial charge is 0.488 e. The van der Waals surface area contributed by atoms with Gasteiger partial charge in [-0.3, -0.25) is 9.69 Å². The van der Waals surface area contributed by atoms with Crippen molar-refractivity contribution >= 4 is 79.4 Å². The Morgan fingerprint density at radius 3 is 2.68 bits per heavy atom. The number of rotatable bonds is 5. The second-order valence-electron chi connectivity index (χ2n) is 7.55. The molecule has 1 amide bonds. The highest BCUT2D eigenvalue weighted by Gasteiger charge is 2.37. The molecular weight excluding hydrogens is 537 g/mol. The number of hydrogen-bond donors (Lipinski definition) is 0. The van der Waals surface area contributed by atoms with Gasteiger partial charge in [0.05, 0.1) is 4.91 Å². The van der Waals surface area contributed by atoms with E-state index in [1.54, 1.807) is 12.1 Å². The molecule has 1 aliphatic carbocycles. The molecule has 2 aromatic carbocycles. The van der Waals surface area contributed by atoms with Gasteiger partial charge in [0.15, 0.2) is 0 Å². The number of thioether (sulfide) groups is 1. The Morgan fingerprint density at radius 2 is 1.94 bits per heavy atom. The fourth-order valence-corrected chi connectivity index (χ4v) is 6.07. The van der Waals surface area contributed by atoms with Crippen molar-refractivity contribution in [2.75, 3.05) is 0 Å². The van der Waals surface area contributed by atoms with E-state index in [0.29, 0.717) is 31.6 Å². The van der Waals surface area contributed by atoms with Crippen molar-refractivity contribution in [3.63, 3.8) is 0 Å². The Morgan fingerprint density at radius 1 is 1.16 bits per heavy atom. The van der Waals surface area contributed by atoms with Gasteiger partial charge < -0.3 is 4.74 Å². The molecule has 2 fully saturated rings. The van der Waals surface area contributed by atoms with Crippen molar-refractivity contribution in [3.8, 4) is 5.75 Å². The van der Waals surface area contributed by atoms with Crippen LogP contribution in [0.5, 0.6) is 5.75 Å². The molecule has 3 nitrogen and oxygen atoms in total. The van der Waals surface area contributed by atoms with E-state index < -0.39 is 0 Å². The van der Waals surface area contributed by atoms with Crippen LogP contribution in [-0.2, 0) is 11.4 Å². The zero-order valence-electron chi connectivity index (χ0n) is 16.6. The van der Waals surface area contributed by atoms with Crippen molar-refractivity contribution in [3.05, 3.63) is 66.9 Å². The van der Waals surface area contributed by atoms with E-state index >= 15 is 0 Å². The van der Waals surface area contributed by atoms with Crippen LogP contribution in [0.4, 0.5) is 0 Å². The van der Waals surface area contributed by atoms with Crippen molar-refractivity contribution in [2.45, 2.75) is 44.8 Å². The molecule has 1 saturated carbocycles. The quantitative estimate of drug-likeness (QED) is 0.277. The van der Waals surface area contributed by atoms with Crippen LogP contribution >= 0.6 is 63.1 Å². The summed E-state index contributed by atoms with van der Waals surface area (Å²) in [7, 11) is 0. The number of nitrogens with zero attached hydrogens (tertiary/aromatic N) is 1. The smallest absolute Gasteiger partial charge is 0.266 e. The lowest BCUT2D eigenvalue weighted by Gasteiger charge is -2.29. The van der Waals surface area contributed by atoms with E-state index in [4.69, 9.17) is 40.2 Å². The van der Waals surface area contributed by atoms with Crippen LogP contribution in [0.3, 0.4) is 0 Å². The molecule has 31 heavy (non-hydrogen) atoms. The third-order valence-corrected chi connectivity index (χ3v) is 7.83. The highest BCUT2D eigenvalue weighted by atomic mass is 79.9. The first kappa shape index (κ1) is 23.1. The molecule has 162 valence electrons. The van der Waals surface area contributed by atoms with Gasteiger partial charge in [-0.1, -0.05) is 88.4 Å². The van der Waals surface area contributed by atoms with Crippen LogP contribution in [0, 0.1) is 0 Å². The van der Waals surface area contributed by atoms with Crippen molar-refractivity contribution in [1.82, 2.24) is 4.90 Å². The Labute approximate surface area is 210 Å². The molecule has 0 atom stereocenters. The normalized spacial score (nSPS) is 18.8. The number of halogens is 3. The Kier molecular flexibility index (Phi) is 7.65. The monoisotopic (exact) mass is 555 g/mol. The fraction of sp³-hybridized carbons (Fsp3) is 0.304. The van der Waals surface area contributed by atoms with Gasteiger partial charge in [-0.15, -0.1) is 0 Å². The molecule has 4 rings (SSSR count). The van der Waals surface area contributed by atoms with Crippen LogP contribution in [0.1, 0.15) is 43.2 Å². The number of carbonyl (C=O) groups excluding carboxylic acids is 1. The zero-order chi connectivity index (χ0) is 22.0. The van der Waals surface area contributed by atoms with E-state index in [9.17, 15) is 4.79 Å². The van der Waals surface area contributed by atoms with E-state index in [0.717, 1.165) is 41.3 Å². The number of benzene rings is 2. The van der Waals surface area contributed by atoms with Crippen LogP contribution in [-0.4, -0.2) is 21.2 Å². The topological polar surface area (TPSA) is 29.5 Å². The summed E-state index contributed by atoms with van der Waals surface area (Å²) in [6.07, 6.45) is 7.44. The number of amides is 1. The average molecular weight is 557 g/mol. The summed E-state index contributed by atoms with van der Waals surface area (Å²) in [5.41, 5.74) is 1.65. The second-order valence-corrected chi connectivity index (χ2v) is 11.0. The summed E-state index contributed by atoms with van der Waals surface area (Å²) >= 11 is 22.7. The molecule has 0 spiro atoms. The maximum absolute atomic E-state index is 13.1. The van der Waals surface area contributed by atoms with Gasteiger partial charge >= 0.3 is 0 Å². The van der Waals surface area contributed by atoms with Gasteiger partial charge in [-0.2, -0.15) is 0 Å². The first-order chi connectivity index (χ1) is 14.9. The lowest BCUT2D eigenvalue weighted by molar-refractivity contribution is -0.124. The molecule has 1 aliphatic heterocycles. The highest BCUT2D eigenvalue weighted by molar-refractivity contribution is 9.10. The second kappa shape index (κ2) is 10.3. The lowest BCUT2D eigenvalue weighted by Crippen LogP contribution is -2.39. The predicted octanol–water partition coefficient (Wildman–Crippen LogP) is 7.87. The van der Waals surface area contributed by atoms with Crippen molar-refractivity contribution in [2.24, 2.45) is 0 Å². The molecule has 1 heterocycles. The SMILES string of the molecule is O=C1/C(=C/c2cc(Br)ccc2OCc2ccc(Cl)cc2Cl)SC(=S)N1C1CCCCC1. The molecule has 0 N–H and O–H groups in total. The first-order valence-electron chi connectivity index (χ1n) is 10.1. The number of ether oxygens (including phenoxy) is 1. The van der Waals surface area contributed by atoms with Crippen molar-refractivity contribution in [1.29, 1.82) is 0 Å². The predicted molar refractivity (Wildman–Crippen MR) is 137 cm³/mol. The minimum atomic E-state index is -0.00595. The molecule has 2 aromatic rings. The van der Waals surface area contributed by atoms with Gasteiger partial charge in [0.25, 0.3) is 5.91 Å². The fourth-order valence-electron chi connectivity index (χ4n) is 3.83. The average Bonchev–Trinajstić information content (AvgIpc) is 3.02. The van der Waals surface area contributed by atoms with E-state index in [1.807, 2.05) is 35.2 Å². The van der Waals surface area contributed by atoms with Crippen LogP contribution in [0.15, 0.2) is 45.8 Å². The molecular formula is C23H20BrCl2NO2S2. The number of thiocarbonyl (C=S) groups is 1. The van der Waals surface area contributed by atoms with Crippen molar-refractivity contribution < 1.29 is 9.53 Å². The minimum Gasteiger partial charge on any atom is -0.488 e. The third-order valence-electron chi connectivity index (χ3n) is 5.42.